The molecule has 1 unspecified atom stereocenters. The van der Waals surface area contributed by atoms with Crippen molar-refractivity contribution in [2.24, 2.45) is 5.92 Å². The second kappa shape index (κ2) is 3.32. The number of hydrogen-bond donors (Lipinski definition) is 0. The van der Waals surface area contributed by atoms with E-state index in [-0.39, 0.29) is 11.2 Å². The van der Waals surface area contributed by atoms with E-state index in [0.29, 0.717) is 10.9 Å². The minimum Gasteiger partial charge on any atom is -0.281 e. The molecule has 13 heavy (non-hydrogen) atoms. The van der Waals surface area contributed by atoms with E-state index in [2.05, 4.69) is 0 Å². The summed E-state index contributed by atoms with van der Waals surface area (Å²) in [5.74, 6) is 0.309. The number of hydrogen-bond acceptors (Lipinski definition) is 1. The van der Waals surface area contributed by atoms with Gasteiger partial charge in [-0.05, 0) is 41.6 Å². The Bertz CT molecular complexity index is 349. The van der Waals surface area contributed by atoms with E-state index in [1.165, 1.54) is 0 Å². The van der Waals surface area contributed by atoms with E-state index in [1.807, 2.05) is 24.3 Å². The van der Waals surface area contributed by atoms with Crippen LogP contribution in [-0.2, 0) is 4.79 Å². The largest absolute Gasteiger partial charge is 0.281 e. The van der Waals surface area contributed by atoms with Gasteiger partial charge in [0.1, 0.15) is 0 Å². The first-order valence-corrected chi connectivity index (χ1v) is 4.89. The molecule has 0 spiro atoms. The Morgan fingerprint density at radius 2 is 2.23 bits per heavy atom. The Labute approximate surface area is 86.7 Å². The zero-order chi connectivity index (χ0) is 9.42. The van der Waals surface area contributed by atoms with Crippen LogP contribution in [0.25, 0.3) is 0 Å². The molecule has 1 fully saturated rings. The van der Waals surface area contributed by atoms with Gasteiger partial charge in [0, 0.05) is 10.9 Å². The quantitative estimate of drug-likeness (QED) is 0.692. The van der Waals surface area contributed by atoms with Crippen LogP contribution in [0.3, 0.4) is 0 Å². The average Bonchev–Trinajstić information content (AvgIpc) is 2.82. The summed E-state index contributed by atoms with van der Waals surface area (Å²) in [7, 11) is 0. The molecule has 1 aromatic carbocycles. The maximum Gasteiger partial charge on any atom is 0.225 e. The Morgan fingerprint density at radius 3 is 2.77 bits per heavy atom. The molecule has 1 aliphatic carbocycles. The maximum absolute atomic E-state index is 10.8. The van der Waals surface area contributed by atoms with Gasteiger partial charge < -0.3 is 0 Å². The van der Waals surface area contributed by atoms with Gasteiger partial charge in [0.15, 0.2) is 0 Å². The van der Waals surface area contributed by atoms with Crippen LogP contribution in [0, 0.1) is 5.92 Å². The molecule has 1 aliphatic rings. The zero-order valence-corrected chi connectivity index (χ0v) is 8.35. The number of rotatable bonds is 2. The first kappa shape index (κ1) is 9.04. The molecule has 0 heterocycles. The molecule has 2 atom stereocenters. The summed E-state index contributed by atoms with van der Waals surface area (Å²) in [5.41, 5.74) is 1.12. The molecular weight excluding hydrogens is 207 g/mol. The molecule has 1 nitrogen and oxygen atoms in total. The SMILES string of the molecule is O=C(Cl)[C@H]1CC1c1cccc(Cl)c1. The van der Waals surface area contributed by atoms with E-state index in [9.17, 15) is 4.79 Å². The molecule has 0 aromatic heterocycles. The van der Waals surface area contributed by atoms with Gasteiger partial charge in [0.25, 0.3) is 0 Å². The molecule has 2 rings (SSSR count). The van der Waals surface area contributed by atoms with Crippen molar-refractivity contribution in [3.8, 4) is 0 Å². The lowest BCUT2D eigenvalue weighted by atomic mass is 10.1. The van der Waals surface area contributed by atoms with Crippen molar-refractivity contribution in [1.82, 2.24) is 0 Å². The monoisotopic (exact) mass is 214 g/mol. The maximum atomic E-state index is 10.8. The Balaban J connectivity index is 2.16. The first-order valence-electron chi connectivity index (χ1n) is 4.13. The van der Waals surface area contributed by atoms with Gasteiger partial charge in [-0.1, -0.05) is 23.7 Å². The molecule has 0 N–H and O–H groups in total. The molecule has 0 radical (unpaired) electrons. The fourth-order valence-electron chi connectivity index (χ4n) is 1.55. The molecular formula is C10H8Cl2O. The lowest BCUT2D eigenvalue weighted by Gasteiger charge is -1.98. The highest BCUT2D eigenvalue weighted by molar-refractivity contribution is 6.64. The van der Waals surface area contributed by atoms with E-state index in [0.717, 1.165) is 12.0 Å². The smallest absolute Gasteiger partial charge is 0.225 e. The van der Waals surface area contributed by atoms with Gasteiger partial charge in [0.2, 0.25) is 5.24 Å². The Hall–Kier alpha value is -0.530. The lowest BCUT2D eigenvalue weighted by molar-refractivity contribution is -0.112. The second-order valence-corrected chi connectivity index (χ2v) is 4.12. The molecule has 0 saturated heterocycles. The van der Waals surface area contributed by atoms with Crippen LogP contribution >= 0.6 is 23.2 Å². The third-order valence-corrected chi connectivity index (χ3v) is 2.87. The van der Waals surface area contributed by atoms with Crippen molar-refractivity contribution in [2.75, 3.05) is 0 Å². The first-order chi connectivity index (χ1) is 6.18. The third-order valence-electron chi connectivity index (χ3n) is 2.36. The number of carbonyl (C=O) groups is 1. The van der Waals surface area contributed by atoms with Crippen molar-refractivity contribution in [3.63, 3.8) is 0 Å². The summed E-state index contributed by atoms with van der Waals surface area (Å²) >= 11 is 11.2. The van der Waals surface area contributed by atoms with Crippen LogP contribution in [0.1, 0.15) is 17.9 Å². The second-order valence-electron chi connectivity index (χ2n) is 3.31. The van der Waals surface area contributed by atoms with Crippen molar-refractivity contribution in [3.05, 3.63) is 34.9 Å². The predicted molar refractivity (Wildman–Crippen MR) is 53.2 cm³/mol. The Morgan fingerprint density at radius 1 is 1.46 bits per heavy atom. The van der Waals surface area contributed by atoms with E-state index in [1.54, 1.807) is 0 Å². The van der Waals surface area contributed by atoms with Gasteiger partial charge in [-0.3, -0.25) is 4.79 Å². The van der Waals surface area contributed by atoms with Gasteiger partial charge >= 0.3 is 0 Å². The molecule has 0 bridgehead atoms. The minimum atomic E-state index is -0.232. The normalized spacial score (nSPS) is 25.7. The highest BCUT2D eigenvalue weighted by Gasteiger charge is 2.42. The number of carbonyl (C=O) groups excluding carboxylic acids is 1. The molecule has 68 valence electrons. The highest BCUT2D eigenvalue weighted by Crippen LogP contribution is 2.48. The lowest BCUT2D eigenvalue weighted by Crippen LogP contribution is -1.91. The van der Waals surface area contributed by atoms with Crippen molar-refractivity contribution >= 4 is 28.4 Å². The van der Waals surface area contributed by atoms with Crippen LogP contribution in [0.15, 0.2) is 24.3 Å². The number of halogens is 2. The summed E-state index contributed by atoms with van der Waals surface area (Å²) in [6, 6.07) is 7.60. The Kier molecular flexibility index (Phi) is 2.31. The summed E-state index contributed by atoms with van der Waals surface area (Å²) in [4.78, 5) is 10.8. The molecule has 0 amide bonds. The summed E-state index contributed by atoms with van der Waals surface area (Å²) in [6.45, 7) is 0. The van der Waals surface area contributed by atoms with Gasteiger partial charge in [-0.2, -0.15) is 0 Å². The van der Waals surface area contributed by atoms with Gasteiger partial charge in [-0.25, -0.2) is 0 Å². The molecule has 1 saturated carbocycles. The topological polar surface area (TPSA) is 17.1 Å². The summed E-state index contributed by atoms with van der Waals surface area (Å²) < 4.78 is 0. The number of benzene rings is 1. The highest BCUT2D eigenvalue weighted by atomic mass is 35.5. The fourth-order valence-corrected chi connectivity index (χ4v) is 1.99. The summed E-state index contributed by atoms with van der Waals surface area (Å²) in [6.07, 6.45) is 0.864. The summed E-state index contributed by atoms with van der Waals surface area (Å²) in [5, 5.41) is 0.482. The van der Waals surface area contributed by atoms with E-state index < -0.39 is 0 Å². The predicted octanol–water partition coefficient (Wildman–Crippen LogP) is 3.21. The van der Waals surface area contributed by atoms with Crippen LogP contribution in [0.2, 0.25) is 5.02 Å². The average molecular weight is 215 g/mol. The van der Waals surface area contributed by atoms with Crippen molar-refractivity contribution in [2.45, 2.75) is 12.3 Å². The van der Waals surface area contributed by atoms with Crippen LogP contribution in [0.4, 0.5) is 0 Å². The van der Waals surface area contributed by atoms with Gasteiger partial charge in [-0.15, -0.1) is 0 Å². The molecule has 3 heteroatoms. The van der Waals surface area contributed by atoms with Crippen molar-refractivity contribution in [1.29, 1.82) is 0 Å². The molecule has 1 aromatic rings. The van der Waals surface area contributed by atoms with Crippen LogP contribution < -0.4 is 0 Å². The third kappa shape index (κ3) is 1.87. The van der Waals surface area contributed by atoms with Crippen LogP contribution in [0.5, 0.6) is 0 Å². The van der Waals surface area contributed by atoms with Crippen LogP contribution in [-0.4, -0.2) is 5.24 Å². The van der Waals surface area contributed by atoms with E-state index >= 15 is 0 Å². The molecule has 0 aliphatic heterocycles. The standard InChI is InChI=1S/C10H8Cl2O/c11-7-3-1-2-6(4-7)8-5-9(8)10(12)13/h1-4,8-9H,5H2/t8?,9-/m0/s1. The van der Waals surface area contributed by atoms with Crippen molar-refractivity contribution < 1.29 is 4.79 Å². The van der Waals surface area contributed by atoms with E-state index in [4.69, 9.17) is 23.2 Å². The van der Waals surface area contributed by atoms with Gasteiger partial charge in [0.05, 0.1) is 0 Å². The zero-order valence-electron chi connectivity index (χ0n) is 6.84. The minimum absolute atomic E-state index is 0.0140. The fraction of sp³-hybridized carbons (Fsp3) is 0.300.